The molecule has 3 heterocycles. The lowest BCUT2D eigenvalue weighted by Crippen LogP contribution is -2.62. The fraction of sp³-hybridized carbons (Fsp3) is 0.675. The van der Waals surface area contributed by atoms with Gasteiger partial charge in [-0.15, -0.1) is 0 Å². The lowest BCUT2D eigenvalue weighted by atomic mass is 9.82. The molecule has 0 N–H and O–H groups in total. The Morgan fingerprint density at radius 3 is 2.30 bits per heavy atom. The van der Waals surface area contributed by atoms with Crippen LogP contribution in [0, 0.1) is 11.3 Å². The summed E-state index contributed by atoms with van der Waals surface area (Å²) < 4.78 is 5.58. The van der Waals surface area contributed by atoms with Crippen molar-refractivity contribution in [1.82, 2.24) is 19.6 Å². The number of ether oxygens (including phenoxy) is 1. The molecule has 0 aromatic heterocycles. The average Bonchev–Trinajstić information content (AvgIpc) is 3.22. The van der Waals surface area contributed by atoms with E-state index in [1.807, 2.05) is 39.1 Å². The third kappa shape index (κ3) is 9.61. The van der Waals surface area contributed by atoms with Gasteiger partial charge in [-0.25, -0.2) is 4.79 Å². The molecule has 4 aliphatic rings. The number of carbonyl (C=O) groups excluding carboxylic acids is 2. The second-order valence-corrected chi connectivity index (χ2v) is 17.8. The van der Waals surface area contributed by atoms with Gasteiger partial charge in [0, 0.05) is 80.9 Å². The number of hydrogen-bond donors (Lipinski definition) is 0. The van der Waals surface area contributed by atoms with Gasteiger partial charge >= 0.3 is 6.09 Å². The molecular formula is C40H59BrClN5O3. The summed E-state index contributed by atoms with van der Waals surface area (Å²) in [5, 5.41) is 1.49. The standard InChI is InChI=1S/C40H59BrClN5O3/c1-8-29-9-10-30-26-31(42)11-12-33(30)37(36(29)43-18-17-41)44-21-15-32(16-22-44)46-23-24-47(34(27-46)39(2,3)4)35(48)25-28-13-19-45(20-14-28)38(49)50-40(5,6)7/h8,11-12,18,26,28,32,34,37H,1,9-10,13-17,19-25,27H2,2-7H3. The highest BCUT2D eigenvalue weighted by atomic mass is 79.9. The minimum Gasteiger partial charge on any atom is -0.444 e. The minimum absolute atomic E-state index is 0.0331. The lowest BCUT2D eigenvalue weighted by molar-refractivity contribution is -0.142. The predicted molar refractivity (Wildman–Crippen MR) is 208 cm³/mol. The van der Waals surface area contributed by atoms with Crippen molar-refractivity contribution in [2.24, 2.45) is 16.3 Å². The van der Waals surface area contributed by atoms with E-state index in [4.69, 9.17) is 21.3 Å². The molecule has 2 amide bonds. The van der Waals surface area contributed by atoms with Gasteiger partial charge < -0.3 is 14.5 Å². The van der Waals surface area contributed by atoms with Crippen LogP contribution >= 0.6 is 27.5 Å². The van der Waals surface area contributed by atoms with Crippen LogP contribution in [0.5, 0.6) is 0 Å². The van der Waals surface area contributed by atoms with Gasteiger partial charge in [-0.1, -0.05) is 67.0 Å². The van der Waals surface area contributed by atoms with Gasteiger partial charge in [0.2, 0.25) is 5.91 Å². The number of amides is 2. The van der Waals surface area contributed by atoms with E-state index in [1.54, 1.807) is 4.90 Å². The van der Waals surface area contributed by atoms with Crippen molar-refractivity contribution in [1.29, 1.82) is 0 Å². The Morgan fingerprint density at radius 2 is 1.68 bits per heavy atom. The summed E-state index contributed by atoms with van der Waals surface area (Å²) in [6, 6.07) is 7.07. The van der Waals surface area contributed by atoms with Crippen LogP contribution in [0.3, 0.4) is 0 Å². The highest BCUT2D eigenvalue weighted by Crippen LogP contribution is 2.41. The number of rotatable bonds is 7. The zero-order chi connectivity index (χ0) is 36.2. The summed E-state index contributed by atoms with van der Waals surface area (Å²) in [4.78, 5) is 40.8. The van der Waals surface area contributed by atoms with E-state index >= 15 is 0 Å². The van der Waals surface area contributed by atoms with E-state index in [0.29, 0.717) is 36.8 Å². The minimum atomic E-state index is -0.500. The molecule has 1 aromatic rings. The Hall–Kier alpha value is -2.20. The van der Waals surface area contributed by atoms with Gasteiger partial charge in [0.05, 0.1) is 11.7 Å². The second-order valence-electron chi connectivity index (χ2n) is 16.7. The molecule has 2 unspecified atom stereocenters. The second kappa shape index (κ2) is 16.6. The summed E-state index contributed by atoms with van der Waals surface area (Å²) in [7, 11) is 0. The summed E-state index contributed by atoms with van der Waals surface area (Å²) in [5.41, 5.74) is 4.39. The topological polar surface area (TPSA) is 68.7 Å². The number of fused-ring (bicyclic) bond motifs is 1. The van der Waals surface area contributed by atoms with Gasteiger partial charge in [0.1, 0.15) is 5.60 Å². The third-order valence-corrected chi connectivity index (χ3v) is 11.6. The normalized spacial score (nSPS) is 24.0. The first-order valence-electron chi connectivity index (χ1n) is 18.7. The van der Waals surface area contributed by atoms with Crippen LogP contribution in [0.25, 0.3) is 0 Å². The van der Waals surface area contributed by atoms with Gasteiger partial charge in [-0.05, 0) is 99.5 Å². The highest BCUT2D eigenvalue weighted by molar-refractivity contribution is 9.09. The molecule has 276 valence electrons. The van der Waals surface area contributed by atoms with Gasteiger partial charge in [0.25, 0.3) is 0 Å². The van der Waals surface area contributed by atoms with Gasteiger partial charge in [0.15, 0.2) is 0 Å². The molecule has 50 heavy (non-hydrogen) atoms. The number of alkyl halides is 1. The summed E-state index contributed by atoms with van der Waals surface area (Å²) in [6.45, 7) is 22.5. The Morgan fingerprint density at radius 1 is 0.980 bits per heavy atom. The molecule has 1 aliphatic carbocycles. The lowest BCUT2D eigenvalue weighted by Gasteiger charge is -2.51. The fourth-order valence-electron chi connectivity index (χ4n) is 8.34. The Balaban J connectivity index is 1.22. The van der Waals surface area contributed by atoms with Crippen molar-refractivity contribution in [3.63, 3.8) is 0 Å². The van der Waals surface area contributed by atoms with Crippen LogP contribution in [0.4, 0.5) is 4.79 Å². The molecule has 8 nitrogen and oxygen atoms in total. The molecule has 10 heteroatoms. The van der Waals surface area contributed by atoms with Crippen molar-refractivity contribution in [2.75, 3.05) is 51.1 Å². The Kier molecular flexibility index (Phi) is 13.0. The van der Waals surface area contributed by atoms with E-state index in [0.717, 1.165) is 82.0 Å². The van der Waals surface area contributed by atoms with Gasteiger partial charge in [-0.3, -0.25) is 19.6 Å². The monoisotopic (exact) mass is 771 g/mol. The van der Waals surface area contributed by atoms with E-state index in [9.17, 15) is 9.59 Å². The maximum atomic E-state index is 13.9. The highest BCUT2D eigenvalue weighted by Gasteiger charge is 2.42. The van der Waals surface area contributed by atoms with Crippen LogP contribution in [-0.4, -0.2) is 107 Å². The number of likely N-dealkylation sites (tertiary alicyclic amines) is 2. The number of halogens is 2. The molecule has 3 fully saturated rings. The molecule has 0 spiro atoms. The maximum absolute atomic E-state index is 13.9. The van der Waals surface area contributed by atoms with Crippen molar-refractivity contribution in [2.45, 2.75) is 110 Å². The molecule has 0 bridgehead atoms. The van der Waals surface area contributed by atoms with Crippen LogP contribution in [0.1, 0.15) is 97.2 Å². The summed E-state index contributed by atoms with van der Waals surface area (Å²) >= 11 is 10.0. The number of carbonyl (C=O) groups is 2. The molecule has 3 aliphatic heterocycles. The number of piperazine rings is 1. The van der Waals surface area contributed by atoms with E-state index in [2.05, 4.69) is 70.1 Å². The summed E-state index contributed by atoms with van der Waals surface area (Å²) in [6.07, 6.45) is 9.95. The smallest absolute Gasteiger partial charge is 0.410 e. The maximum Gasteiger partial charge on any atom is 0.410 e. The first-order chi connectivity index (χ1) is 23.7. The van der Waals surface area contributed by atoms with Crippen LogP contribution < -0.4 is 0 Å². The number of nitrogens with zero attached hydrogens (tertiary/aromatic N) is 5. The first-order valence-corrected chi connectivity index (χ1v) is 20.2. The van der Waals surface area contributed by atoms with E-state index < -0.39 is 5.60 Å². The van der Waals surface area contributed by atoms with Crippen molar-refractivity contribution >= 4 is 45.7 Å². The average molecular weight is 773 g/mol. The van der Waals surface area contributed by atoms with E-state index in [-0.39, 0.29) is 29.5 Å². The molecule has 2 atom stereocenters. The Labute approximate surface area is 314 Å². The predicted octanol–water partition coefficient (Wildman–Crippen LogP) is 8.29. The zero-order valence-electron chi connectivity index (χ0n) is 31.2. The van der Waals surface area contributed by atoms with Crippen LogP contribution in [0.2, 0.25) is 5.02 Å². The molecule has 0 saturated carbocycles. The molecule has 1 aromatic carbocycles. The quantitative estimate of drug-likeness (QED) is 0.206. The van der Waals surface area contributed by atoms with Crippen molar-refractivity contribution in [3.8, 4) is 0 Å². The van der Waals surface area contributed by atoms with Crippen molar-refractivity contribution in [3.05, 3.63) is 58.3 Å². The number of hydrogen-bond acceptors (Lipinski definition) is 6. The van der Waals surface area contributed by atoms with Crippen molar-refractivity contribution < 1.29 is 14.3 Å². The third-order valence-electron chi connectivity index (χ3n) is 11.0. The number of piperidine rings is 2. The van der Waals surface area contributed by atoms with Crippen LogP contribution in [-0.2, 0) is 16.0 Å². The number of aliphatic imine (C=N–C) groups is 1. The van der Waals surface area contributed by atoms with Crippen LogP contribution in [0.15, 0.2) is 47.1 Å². The number of aryl methyl sites for hydroxylation is 1. The largest absolute Gasteiger partial charge is 0.444 e. The number of allylic oxidation sites excluding steroid dienone is 2. The zero-order valence-corrected chi connectivity index (χ0v) is 33.6. The van der Waals surface area contributed by atoms with Gasteiger partial charge in [-0.2, -0.15) is 0 Å². The SMILES string of the molecule is C=CC1=C(N=CCBr)C(N2CCC(N3CCN(C(=O)CC4CCN(C(=O)OC(C)(C)C)CC4)C(C(C)(C)C)C3)CC2)c2ccc(Cl)cc2CC1. The Bertz CT molecular complexity index is 1430. The molecule has 3 saturated heterocycles. The fourth-order valence-corrected chi connectivity index (χ4v) is 8.68. The first kappa shape index (κ1) is 39.0. The van der Waals surface area contributed by atoms with E-state index in [1.165, 1.54) is 16.7 Å². The molecule has 0 radical (unpaired) electrons. The molecule has 5 rings (SSSR count). The summed E-state index contributed by atoms with van der Waals surface area (Å²) in [5.74, 6) is 0.567. The molecular weight excluding hydrogens is 714 g/mol. The number of benzene rings is 1.